The van der Waals surface area contributed by atoms with Gasteiger partial charge in [-0.3, -0.25) is 4.99 Å². The smallest absolute Gasteiger partial charge is 0.191 e. The molecule has 0 aliphatic carbocycles. The fourth-order valence-electron chi connectivity index (χ4n) is 2.27. The summed E-state index contributed by atoms with van der Waals surface area (Å²) in [5, 5.41) is 6.68. The molecule has 0 radical (unpaired) electrons. The van der Waals surface area contributed by atoms with E-state index in [0.717, 1.165) is 64.7 Å². The average molecular weight is 459 g/mol. The Morgan fingerprint density at radius 3 is 2.70 bits per heavy atom. The lowest BCUT2D eigenvalue weighted by atomic mass is 10.1. The maximum Gasteiger partial charge on any atom is 0.191 e. The van der Waals surface area contributed by atoms with Crippen molar-refractivity contribution in [2.75, 3.05) is 51.5 Å². The van der Waals surface area contributed by atoms with E-state index < -0.39 is 0 Å². The van der Waals surface area contributed by atoms with Crippen molar-refractivity contribution in [3.63, 3.8) is 0 Å². The van der Waals surface area contributed by atoms with Gasteiger partial charge in [0, 0.05) is 39.5 Å². The number of halogens is 1. The van der Waals surface area contributed by atoms with Crippen LogP contribution in [0.3, 0.4) is 0 Å². The molecule has 1 aliphatic rings. The quantitative estimate of drug-likeness (QED) is 0.215. The van der Waals surface area contributed by atoms with Crippen LogP contribution in [0.2, 0.25) is 0 Å². The molecule has 1 fully saturated rings. The van der Waals surface area contributed by atoms with E-state index in [1.165, 1.54) is 18.6 Å². The van der Waals surface area contributed by atoms with Gasteiger partial charge in [0.2, 0.25) is 0 Å². The molecular weight excluding hydrogens is 425 g/mol. The number of nitrogens with zero attached hydrogens (tertiary/aromatic N) is 1. The molecular formula is C16H34IN3O2S. The van der Waals surface area contributed by atoms with Crippen molar-refractivity contribution in [2.45, 2.75) is 45.1 Å². The van der Waals surface area contributed by atoms with Gasteiger partial charge in [0.15, 0.2) is 5.96 Å². The topological polar surface area (TPSA) is 54.9 Å². The van der Waals surface area contributed by atoms with Gasteiger partial charge >= 0.3 is 0 Å². The lowest BCUT2D eigenvalue weighted by Gasteiger charge is -2.22. The van der Waals surface area contributed by atoms with Gasteiger partial charge in [-0.15, -0.1) is 24.0 Å². The predicted molar refractivity (Wildman–Crippen MR) is 111 cm³/mol. The molecule has 0 aromatic carbocycles. The number of aliphatic imine (C=N–C) groups is 1. The highest BCUT2D eigenvalue weighted by molar-refractivity contribution is 14.0. The summed E-state index contributed by atoms with van der Waals surface area (Å²) in [6, 6.07) is 0. The summed E-state index contributed by atoms with van der Waals surface area (Å²) in [5.41, 5.74) is 0. The first kappa shape index (κ1) is 23.3. The lowest BCUT2D eigenvalue weighted by Crippen LogP contribution is -2.38. The van der Waals surface area contributed by atoms with E-state index >= 15 is 0 Å². The van der Waals surface area contributed by atoms with E-state index in [9.17, 15) is 0 Å². The number of thioether (sulfide) groups is 1. The van der Waals surface area contributed by atoms with Crippen molar-refractivity contribution in [1.82, 2.24) is 10.6 Å². The monoisotopic (exact) mass is 459 g/mol. The second-order valence-electron chi connectivity index (χ2n) is 5.42. The Bertz CT molecular complexity index is 290. The van der Waals surface area contributed by atoms with Crippen LogP contribution in [-0.2, 0) is 9.47 Å². The molecule has 1 rings (SSSR count). The minimum absolute atomic E-state index is 0. The number of nitrogens with one attached hydrogen (secondary N) is 2. The van der Waals surface area contributed by atoms with Gasteiger partial charge in [0.25, 0.3) is 0 Å². The molecule has 5 nitrogen and oxygen atoms in total. The molecule has 0 atom stereocenters. The molecule has 0 bridgehead atoms. The van der Waals surface area contributed by atoms with Crippen LogP contribution in [0.15, 0.2) is 4.99 Å². The Labute approximate surface area is 163 Å². The van der Waals surface area contributed by atoms with E-state index in [1.807, 2.05) is 11.8 Å². The van der Waals surface area contributed by atoms with Crippen molar-refractivity contribution in [1.29, 1.82) is 0 Å². The molecule has 1 aliphatic heterocycles. The maximum absolute atomic E-state index is 5.86. The maximum atomic E-state index is 5.86. The van der Waals surface area contributed by atoms with Gasteiger partial charge in [-0.05, 0) is 51.0 Å². The third kappa shape index (κ3) is 13.3. The Morgan fingerprint density at radius 1 is 1.22 bits per heavy atom. The molecule has 1 heterocycles. The summed E-state index contributed by atoms with van der Waals surface area (Å²) in [6.45, 7) is 7.27. The SMILES string of the molecule is CCNC(=NCCCOC1CCOCC1)NCCCCSC.I. The number of rotatable bonds is 11. The van der Waals surface area contributed by atoms with Crippen molar-refractivity contribution in [3.8, 4) is 0 Å². The molecule has 0 amide bonds. The van der Waals surface area contributed by atoms with Gasteiger partial charge in [-0.25, -0.2) is 0 Å². The Hall–Kier alpha value is 0.270. The summed E-state index contributed by atoms with van der Waals surface area (Å²) in [5.74, 6) is 2.16. The fraction of sp³-hybridized carbons (Fsp3) is 0.938. The summed E-state index contributed by atoms with van der Waals surface area (Å²) in [4.78, 5) is 4.60. The molecule has 1 saturated heterocycles. The van der Waals surface area contributed by atoms with Crippen LogP contribution in [0.25, 0.3) is 0 Å². The Balaban J connectivity index is 0.00000484. The average Bonchev–Trinajstić information content (AvgIpc) is 2.55. The first-order chi connectivity index (χ1) is 10.9. The van der Waals surface area contributed by atoms with E-state index in [2.05, 4.69) is 28.8 Å². The van der Waals surface area contributed by atoms with Crippen molar-refractivity contribution in [3.05, 3.63) is 0 Å². The molecule has 2 N–H and O–H groups in total. The van der Waals surface area contributed by atoms with E-state index in [-0.39, 0.29) is 24.0 Å². The van der Waals surface area contributed by atoms with Crippen LogP contribution >= 0.6 is 35.7 Å². The normalized spacial score (nSPS) is 16.0. The van der Waals surface area contributed by atoms with Crippen LogP contribution in [0.4, 0.5) is 0 Å². The van der Waals surface area contributed by atoms with Gasteiger partial charge in [0.05, 0.1) is 6.10 Å². The van der Waals surface area contributed by atoms with Gasteiger partial charge < -0.3 is 20.1 Å². The summed E-state index contributed by atoms with van der Waals surface area (Å²) in [7, 11) is 0. The first-order valence-electron chi connectivity index (χ1n) is 8.57. The van der Waals surface area contributed by atoms with E-state index in [4.69, 9.17) is 9.47 Å². The third-order valence-corrected chi connectivity index (χ3v) is 4.20. The fourth-order valence-corrected chi connectivity index (χ4v) is 2.76. The first-order valence-corrected chi connectivity index (χ1v) is 9.96. The molecule has 0 saturated carbocycles. The van der Waals surface area contributed by atoms with Gasteiger partial charge in [-0.2, -0.15) is 11.8 Å². The molecule has 0 spiro atoms. The highest BCUT2D eigenvalue weighted by Gasteiger charge is 2.13. The number of hydrogen-bond donors (Lipinski definition) is 2. The molecule has 0 aromatic heterocycles. The summed E-state index contributed by atoms with van der Waals surface area (Å²) >= 11 is 1.91. The summed E-state index contributed by atoms with van der Waals surface area (Å²) < 4.78 is 11.2. The zero-order chi connectivity index (χ0) is 15.9. The predicted octanol–water partition coefficient (Wildman–Crippen LogP) is 2.89. The lowest BCUT2D eigenvalue weighted by molar-refractivity contribution is -0.0318. The second kappa shape index (κ2) is 17.1. The Morgan fingerprint density at radius 2 is 2.00 bits per heavy atom. The number of hydrogen-bond acceptors (Lipinski definition) is 4. The van der Waals surface area contributed by atoms with Crippen LogP contribution in [0, 0.1) is 0 Å². The number of unbranched alkanes of at least 4 members (excludes halogenated alkanes) is 1. The number of guanidine groups is 1. The molecule has 7 heteroatoms. The largest absolute Gasteiger partial charge is 0.381 e. The van der Waals surface area contributed by atoms with E-state index in [1.54, 1.807) is 0 Å². The molecule has 138 valence electrons. The minimum atomic E-state index is 0. The van der Waals surface area contributed by atoms with Crippen LogP contribution in [0.1, 0.15) is 39.0 Å². The van der Waals surface area contributed by atoms with E-state index in [0.29, 0.717) is 6.10 Å². The van der Waals surface area contributed by atoms with Crippen molar-refractivity contribution < 1.29 is 9.47 Å². The summed E-state index contributed by atoms with van der Waals surface area (Å²) in [6.07, 6.45) is 8.03. The van der Waals surface area contributed by atoms with Crippen LogP contribution in [-0.4, -0.2) is 63.5 Å². The minimum Gasteiger partial charge on any atom is -0.381 e. The van der Waals surface area contributed by atoms with Gasteiger partial charge in [-0.1, -0.05) is 0 Å². The zero-order valence-corrected chi connectivity index (χ0v) is 17.8. The highest BCUT2D eigenvalue weighted by atomic mass is 127. The van der Waals surface area contributed by atoms with Crippen molar-refractivity contribution in [2.24, 2.45) is 4.99 Å². The van der Waals surface area contributed by atoms with Crippen LogP contribution < -0.4 is 10.6 Å². The second-order valence-corrected chi connectivity index (χ2v) is 6.41. The van der Waals surface area contributed by atoms with Crippen LogP contribution in [0.5, 0.6) is 0 Å². The molecule has 0 aromatic rings. The zero-order valence-electron chi connectivity index (χ0n) is 14.6. The number of ether oxygens (including phenoxy) is 2. The van der Waals surface area contributed by atoms with Gasteiger partial charge in [0.1, 0.15) is 0 Å². The standard InChI is InChI=1S/C16H33N3O2S.HI/c1-3-17-16(18-9-4-5-14-22-2)19-10-6-11-21-15-7-12-20-13-8-15;/h15H,3-14H2,1-2H3,(H2,17,18,19);1H. The Kier molecular flexibility index (Phi) is 17.3. The van der Waals surface area contributed by atoms with Crippen molar-refractivity contribution >= 4 is 41.7 Å². The molecule has 23 heavy (non-hydrogen) atoms. The third-order valence-electron chi connectivity index (χ3n) is 3.51. The highest BCUT2D eigenvalue weighted by Crippen LogP contribution is 2.10. The molecule has 0 unspecified atom stereocenters.